The maximum absolute atomic E-state index is 13.2. The van der Waals surface area contributed by atoms with Crippen LogP contribution in [0.5, 0.6) is 0 Å². The smallest absolute Gasteiger partial charge is 0.322 e. The number of rotatable bonds is 9. The number of nitrogens with zero attached hydrogens (tertiary/aromatic N) is 2. The number of nitrogens with one attached hydrogen (secondary N) is 2. The summed E-state index contributed by atoms with van der Waals surface area (Å²) in [5.41, 5.74) is 3.02. The summed E-state index contributed by atoms with van der Waals surface area (Å²) in [5, 5.41) is 9.44. The molecule has 30 heavy (non-hydrogen) atoms. The lowest BCUT2D eigenvalue weighted by atomic mass is 9.93. The molecule has 164 valence electrons. The molecule has 0 spiro atoms. The van der Waals surface area contributed by atoms with Gasteiger partial charge in [-0.3, -0.25) is 4.79 Å². The number of benzene rings is 1. The lowest BCUT2D eigenvalue weighted by Gasteiger charge is -2.26. The number of para-hydroxylation sites is 1. The van der Waals surface area contributed by atoms with Crippen molar-refractivity contribution in [3.8, 4) is 0 Å². The van der Waals surface area contributed by atoms with Gasteiger partial charge in [-0.05, 0) is 35.3 Å². The van der Waals surface area contributed by atoms with E-state index in [9.17, 15) is 9.59 Å². The number of anilines is 2. The van der Waals surface area contributed by atoms with Crippen LogP contribution in [0.15, 0.2) is 35.1 Å². The van der Waals surface area contributed by atoms with E-state index in [1.54, 1.807) is 11.0 Å². The standard InChI is InChI=1S/C23H34N4O3/c1-15(2)10-12-27(14-21(28)24-20-11-13-30-26-20)23(29)25-22-18(16(3)4)8-7-9-19(22)17(5)6/h7-9,11,13,15-17H,10,12,14H2,1-6H3,(H,25,29)(H,24,26,28). The van der Waals surface area contributed by atoms with Gasteiger partial charge in [0.1, 0.15) is 12.8 Å². The van der Waals surface area contributed by atoms with Gasteiger partial charge in [-0.1, -0.05) is 64.9 Å². The van der Waals surface area contributed by atoms with Gasteiger partial charge in [0.25, 0.3) is 0 Å². The van der Waals surface area contributed by atoms with Crippen LogP contribution < -0.4 is 10.6 Å². The van der Waals surface area contributed by atoms with Crippen molar-refractivity contribution in [2.24, 2.45) is 5.92 Å². The van der Waals surface area contributed by atoms with E-state index in [4.69, 9.17) is 4.52 Å². The molecule has 0 fully saturated rings. The Morgan fingerprint density at radius 1 is 1.00 bits per heavy atom. The monoisotopic (exact) mass is 414 g/mol. The molecule has 1 heterocycles. The third-order valence-electron chi connectivity index (χ3n) is 4.91. The van der Waals surface area contributed by atoms with Gasteiger partial charge < -0.3 is 20.1 Å². The summed E-state index contributed by atoms with van der Waals surface area (Å²) in [7, 11) is 0. The summed E-state index contributed by atoms with van der Waals surface area (Å²) in [6.07, 6.45) is 2.18. The summed E-state index contributed by atoms with van der Waals surface area (Å²) < 4.78 is 4.74. The van der Waals surface area contributed by atoms with Crippen LogP contribution in [0.1, 0.15) is 70.9 Å². The zero-order chi connectivity index (χ0) is 22.3. The highest BCUT2D eigenvalue weighted by Crippen LogP contribution is 2.32. The molecular formula is C23H34N4O3. The first-order chi connectivity index (χ1) is 14.2. The fourth-order valence-electron chi connectivity index (χ4n) is 3.18. The highest BCUT2D eigenvalue weighted by atomic mass is 16.5. The molecule has 0 saturated heterocycles. The van der Waals surface area contributed by atoms with Crippen molar-refractivity contribution in [1.82, 2.24) is 10.1 Å². The van der Waals surface area contributed by atoms with E-state index in [0.29, 0.717) is 18.3 Å². The summed E-state index contributed by atoms with van der Waals surface area (Å²) >= 11 is 0. The maximum Gasteiger partial charge on any atom is 0.322 e. The second-order valence-electron chi connectivity index (χ2n) is 8.59. The molecule has 7 heteroatoms. The van der Waals surface area contributed by atoms with Gasteiger partial charge in [0, 0.05) is 18.3 Å². The van der Waals surface area contributed by atoms with E-state index >= 15 is 0 Å². The molecule has 2 rings (SSSR count). The fourth-order valence-corrected chi connectivity index (χ4v) is 3.18. The summed E-state index contributed by atoms with van der Waals surface area (Å²) in [5.74, 6) is 0.950. The molecule has 2 aromatic rings. The van der Waals surface area contributed by atoms with E-state index in [1.807, 2.05) is 18.2 Å². The minimum absolute atomic E-state index is 0.0632. The molecule has 0 aliphatic rings. The highest BCUT2D eigenvalue weighted by Gasteiger charge is 2.22. The Labute approximate surface area is 179 Å². The van der Waals surface area contributed by atoms with Gasteiger partial charge >= 0.3 is 6.03 Å². The average molecular weight is 415 g/mol. The Morgan fingerprint density at radius 2 is 1.63 bits per heavy atom. The number of carbonyl (C=O) groups excluding carboxylic acids is 2. The van der Waals surface area contributed by atoms with Crippen molar-refractivity contribution in [1.29, 1.82) is 0 Å². The number of amides is 3. The first-order valence-electron chi connectivity index (χ1n) is 10.6. The minimum Gasteiger partial charge on any atom is -0.363 e. The lowest BCUT2D eigenvalue weighted by Crippen LogP contribution is -2.42. The number of hydrogen-bond donors (Lipinski definition) is 2. The van der Waals surface area contributed by atoms with E-state index in [1.165, 1.54) is 6.26 Å². The quantitative estimate of drug-likeness (QED) is 0.572. The predicted octanol–water partition coefficient (Wildman–Crippen LogP) is 5.44. The Bertz CT molecular complexity index is 803. The molecule has 2 N–H and O–H groups in total. The number of urea groups is 1. The van der Waals surface area contributed by atoms with Crippen LogP contribution in [0.3, 0.4) is 0 Å². The molecule has 1 aromatic heterocycles. The lowest BCUT2D eigenvalue weighted by molar-refractivity contribution is -0.116. The van der Waals surface area contributed by atoms with Crippen molar-refractivity contribution < 1.29 is 14.1 Å². The van der Waals surface area contributed by atoms with Crippen molar-refractivity contribution >= 4 is 23.4 Å². The molecule has 0 aliphatic heterocycles. The van der Waals surface area contributed by atoms with E-state index < -0.39 is 0 Å². The molecular weight excluding hydrogens is 380 g/mol. The second-order valence-corrected chi connectivity index (χ2v) is 8.59. The van der Waals surface area contributed by atoms with Crippen molar-refractivity contribution in [2.75, 3.05) is 23.7 Å². The van der Waals surface area contributed by atoms with Crippen molar-refractivity contribution in [2.45, 2.75) is 59.8 Å². The largest absolute Gasteiger partial charge is 0.363 e. The second kappa shape index (κ2) is 10.8. The maximum atomic E-state index is 13.2. The van der Waals surface area contributed by atoms with Gasteiger partial charge in [-0.25, -0.2) is 4.79 Å². The molecule has 3 amide bonds. The minimum atomic E-state index is -0.316. The van der Waals surface area contributed by atoms with Gasteiger partial charge in [0.2, 0.25) is 5.91 Å². The normalized spacial score (nSPS) is 11.2. The van der Waals surface area contributed by atoms with E-state index in [-0.39, 0.29) is 30.3 Å². The average Bonchev–Trinajstić information content (AvgIpc) is 3.17. The Hall–Kier alpha value is -2.83. The first-order valence-corrected chi connectivity index (χ1v) is 10.6. The van der Waals surface area contributed by atoms with Crippen molar-refractivity contribution in [3.63, 3.8) is 0 Å². The molecule has 0 saturated carbocycles. The SMILES string of the molecule is CC(C)CCN(CC(=O)Nc1ccon1)C(=O)Nc1c(C(C)C)cccc1C(C)C. The zero-order valence-corrected chi connectivity index (χ0v) is 18.9. The van der Waals surface area contributed by atoms with Crippen LogP contribution in [-0.4, -0.2) is 35.1 Å². The number of aromatic nitrogens is 1. The first kappa shape index (κ1) is 23.4. The molecule has 0 atom stereocenters. The van der Waals surface area contributed by atoms with Crippen LogP contribution in [0.4, 0.5) is 16.3 Å². The molecule has 7 nitrogen and oxygen atoms in total. The number of carbonyl (C=O) groups is 2. The van der Waals surface area contributed by atoms with E-state index in [0.717, 1.165) is 23.2 Å². The number of hydrogen-bond acceptors (Lipinski definition) is 4. The highest BCUT2D eigenvalue weighted by molar-refractivity contribution is 5.97. The van der Waals surface area contributed by atoms with Gasteiger partial charge in [0.05, 0.1) is 0 Å². The Morgan fingerprint density at radius 3 is 2.13 bits per heavy atom. The van der Waals surface area contributed by atoms with Crippen LogP contribution in [0.25, 0.3) is 0 Å². The van der Waals surface area contributed by atoms with Crippen LogP contribution >= 0.6 is 0 Å². The topological polar surface area (TPSA) is 87.5 Å². The van der Waals surface area contributed by atoms with Crippen LogP contribution in [-0.2, 0) is 4.79 Å². The van der Waals surface area contributed by atoms with Crippen molar-refractivity contribution in [3.05, 3.63) is 41.7 Å². The van der Waals surface area contributed by atoms with Gasteiger partial charge in [-0.15, -0.1) is 0 Å². The molecule has 0 aliphatic carbocycles. The Balaban J connectivity index is 2.22. The summed E-state index contributed by atoms with van der Waals surface area (Å²) in [4.78, 5) is 27.2. The molecule has 0 bridgehead atoms. The van der Waals surface area contributed by atoms with E-state index in [2.05, 4.69) is 57.3 Å². The predicted molar refractivity (Wildman–Crippen MR) is 120 cm³/mol. The van der Waals surface area contributed by atoms with Gasteiger partial charge in [0.15, 0.2) is 5.82 Å². The molecule has 0 unspecified atom stereocenters. The zero-order valence-electron chi connectivity index (χ0n) is 18.9. The molecule has 0 radical (unpaired) electrons. The molecule has 1 aromatic carbocycles. The fraction of sp³-hybridized carbons (Fsp3) is 0.522. The van der Waals surface area contributed by atoms with Gasteiger partial charge in [-0.2, -0.15) is 0 Å². The van der Waals surface area contributed by atoms with Crippen LogP contribution in [0, 0.1) is 5.92 Å². The Kier molecular flexibility index (Phi) is 8.45. The third kappa shape index (κ3) is 6.61. The van der Waals surface area contributed by atoms with Crippen LogP contribution in [0.2, 0.25) is 0 Å². The summed E-state index contributed by atoms with van der Waals surface area (Å²) in [6.45, 7) is 13.0. The third-order valence-corrected chi connectivity index (χ3v) is 4.91. The summed E-state index contributed by atoms with van der Waals surface area (Å²) in [6, 6.07) is 7.40.